The van der Waals surface area contributed by atoms with Crippen LogP contribution in [0.5, 0.6) is 17.2 Å². The summed E-state index contributed by atoms with van der Waals surface area (Å²) in [6, 6.07) is 7.78. The molecule has 0 radical (unpaired) electrons. The zero-order chi connectivity index (χ0) is 14.7. The summed E-state index contributed by atoms with van der Waals surface area (Å²) < 4.78 is 24.4. The number of anilines is 1. The molecule has 2 aromatic carbocycles. The first kappa shape index (κ1) is 14.5. The summed E-state index contributed by atoms with van der Waals surface area (Å²) in [6.45, 7) is 1.98. The quantitative estimate of drug-likeness (QED) is 0.849. The smallest absolute Gasteiger partial charge is 0.168 e. The van der Waals surface area contributed by atoms with E-state index in [1.54, 1.807) is 18.2 Å². The predicted molar refractivity (Wildman–Crippen MR) is 78.3 cm³/mol. The fraction of sp³-hybridized carbons (Fsp3) is 0.200. The molecule has 3 nitrogen and oxygen atoms in total. The number of nitrogens with two attached hydrogens (primary N) is 1. The van der Waals surface area contributed by atoms with Crippen LogP contribution in [0.1, 0.15) is 12.5 Å². The number of ether oxygens (including phenoxy) is 2. The van der Waals surface area contributed by atoms with Gasteiger partial charge in [0.2, 0.25) is 0 Å². The van der Waals surface area contributed by atoms with Crippen molar-refractivity contribution >= 4 is 17.3 Å². The first-order valence-electron chi connectivity index (χ1n) is 6.14. The highest BCUT2D eigenvalue weighted by atomic mass is 35.5. The van der Waals surface area contributed by atoms with E-state index in [9.17, 15) is 4.39 Å². The van der Waals surface area contributed by atoms with E-state index in [4.69, 9.17) is 26.8 Å². The van der Waals surface area contributed by atoms with Gasteiger partial charge in [-0.25, -0.2) is 4.39 Å². The van der Waals surface area contributed by atoms with Crippen LogP contribution >= 0.6 is 11.6 Å². The molecule has 0 aromatic heterocycles. The van der Waals surface area contributed by atoms with Crippen LogP contribution in [-0.4, -0.2) is 7.11 Å². The molecule has 2 N–H and O–H groups in total. The van der Waals surface area contributed by atoms with Crippen molar-refractivity contribution in [2.45, 2.75) is 13.3 Å². The van der Waals surface area contributed by atoms with Gasteiger partial charge >= 0.3 is 0 Å². The Morgan fingerprint density at radius 1 is 1.20 bits per heavy atom. The van der Waals surface area contributed by atoms with E-state index < -0.39 is 5.82 Å². The molecule has 2 rings (SSSR count). The largest absolute Gasteiger partial charge is 0.494 e. The summed E-state index contributed by atoms with van der Waals surface area (Å²) in [4.78, 5) is 0. The molecule has 0 spiro atoms. The Hall–Kier alpha value is -1.94. The van der Waals surface area contributed by atoms with Crippen molar-refractivity contribution in [2.24, 2.45) is 0 Å². The van der Waals surface area contributed by atoms with E-state index in [-0.39, 0.29) is 11.4 Å². The van der Waals surface area contributed by atoms with Gasteiger partial charge in [-0.3, -0.25) is 0 Å². The summed E-state index contributed by atoms with van der Waals surface area (Å²) in [5, 5.41) is 0.662. The Morgan fingerprint density at radius 2 is 1.95 bits per heavy atom. The minimum Gasteiger partial charge on any atom is -0.494 e. The first-order valence-corrected chi connectivity index (χ1v) is 6.52. The number of halogens is 2. The molecular formula is C15H15ClFNO2. The Balaban J connectivity index is 2.34. The summed E-state index contributed by atoms with van der Waals surface area (Å²) in [5.41, 5.74) is 6.78. The number of nitrogen functional groups attached to an aromatic ring is 1. The van der Waals surface area contributed by atoms with E-state index in [0.29, 0.717) is 16.5 Å². The van der Waals surface area contributed by atoms with Crippen LogP contribution in [0.2, 0.25) is 5.02 Å². The molecule has 0 fully saturated rings. The third-order valence-electron chi connectivity index (χ3n) is 2.91. The SMILES string of the molecule is CCc1cc(Oc2cc(OC)c(N)cc2F)ccc1Cl. The van der Waals surface area contributed by atoms with Crippen LogP contribution in [0.25, 0.3) is 0 Å². The fourth-order valence-corrected chi connectivity index (χ4v) is 2.07. The van der Waals surface area contributed by atoms with E-state index in [1.807, 2.05) is 6.92 Å². The Morgan fingerprint density at radius 3 is 2.60 bits per heavy atom. The maximum absolute atomic E-state index is 13.8. The van der Waals surface area contributed by atoms with Crippen LogP contribution in [0, 0.1) is 5.82 Å². The average molecular weight is 296 g/mol. The van der Waals surface area contributed by atoms with Gasteiger partial charge in [-0.1, -0.05) is 18.5 Å². The van der Waals surface area contributed by atoms with Crippen molar-refractivity contribution in [3.8, 4) is 17.2 Å². The lowest BCUT2D eigenvalue weighted by Gasteiger charge is -2.11. The van der Waals surface area contributed by atoms with Crippen molar-refractivity contribution in [3.05, 3.63) is 46.7 Å². The molecule has 0 unspecified atom stereocenters. The third-order valence-corrected chi connectivity index (χ3v) is 3.28. The monoisotopic (exact) mass is 295 g/mol. The maximum atomic E-state index is 13.8. The second-order valence-electron chi connectivity index (χ2n) is 4.23. The molecule has 2 aromatic rings. The van der Waals surface area contributed by atoms with Gasteiger partial charge in [-0.2, -0.15) is 0 Å². The number of hydrogen-bond donors (Lipinski definition) is 1. The van der Waals surface area contributed by atoms with Gasteiger partial charge in [0.1, 0.15) is 11.5 Å². The molecule has 0 aliphatic rings. The number of methoxy groups -OCH3 is 1. The number of hydrogen-bond acceptors (Lipinski definition) is 3. The van der Waals surface area contributed by atoms with Gasteiger partial charge in [0, 0.05) is 17.2 Å². The van der Waals surface area contributed by atoms with Crippen LogP contribution in [0.3, 0.4) is 0 Å². The van der Waals surface area contributed by atoms with E-state index in [0.717, 1.165) is 12.0 Å². The minimum atomic E-state index is -0.545. The van der Waals surface area contributed by atoms with E-state index in [2.05, 4.69) is 0 Å². The van der Waals surface area contributed by atoms with Gasteiger partial charge in [-0.15, -0.1) is 0 Å². The van der Waals surface area contributed by atoms with Crippen molar-refractivity contribution in [3.63, 3.8) is 0 Å². The lowest BCUT2D eigenvalue weighted by molar-refractivity contribution is 0.403. The van der Waals surface area contributed by atoms with Crippen molar-refractivity contribution in [1.29, 1.82) is 0 Å². The number of aryl methyl sites for hydroxylation is 1. The lowest BCUT2D eigenvalue weighted by atomic mass is 10.1. The number of rotatable bonds is 4. The Kier molecular flexibility index (Phi) is 4.35. The highest BCUT2D eigenvalue weighted by Crippen LogP contribution is 2.33. The van der Waals surface area contributed by atoms with E-state index >= 15 is 0 Å². The normalized spacial score (nSPS) is 10.4. The van der Waals surface area contributed by atoms with Gasteiger partial charge in [0.05, 0.1) is 12.8 Å². The van der Waals surface area contributed by atoms with Crippen LogP contribution in [0.4, 0.5) is 10.1 Å². The van der Waals surface area contributed by atoms with Crippen LogP contribution in [0.15, 0.2) is 30.3 Å². The lowest BCUT2D eigenvalue weighted by Crippen LogP contribution is -1.96. The zero-order valence-electron chi connectivity index (χ0n) is 11.2. The molecule has 20 heavy (non-hydrogen) atoms. The Labute approximate surface area is 122 Å². The molecular weight excluding hydrogens is 281 g/mol. The van der Waals surface area contributed by atoms with Gasteiger partial charge in [0.25, 0.3) is 0 Å². The van der Waals surface area contributed by atoms with Crippen molar-refractivity contribution < 1.29 is 13.9 Å². The van der Waals surface area contributed by atoms with Crippen LogP contribution < -0.4 is 15.2 Å². The molecule has 106 valence electrons. The molecule has 0 saturated carbocycles. The number of benzene rings is 2. The molecule has 0 atom stereocenters. The van der Waals surface area contributed by atoms with Gasteiger partial charge < -0.3 is 15.2 Å². The average Bonchev–Trinajstić information content (AvgIpc) is 2.43. The topological polar surface area (TPSA) is 44.5 Å². The van der Waals surface area contributed by atoms with Crippen molar-refractivity contribution in [2.75, 3.05) is 12.8 Å². The fourth-order valence-electron chi connectivity index (χ4n) is 1.82. The van der Waals surface area contributed by atoms with Crippen molar-refractivity contribution in [1.82, 2.24) is 0 Å². The molecule has 0 bridgehead atoms. The first-order chi connectivity index (χ1) is 9.55. The van der Waals surface area contributed by atoms with Crippen LogP contribution in [-0.2, 0) is 6.42 Å². The third kappa shape index (κ3) is 2.96. The summed E-state index contributed by atoms with van der Waals surface area (Å²) >= 11 is 6.03. The molecule has 0 saturated heterocycles. The summed E-state index contributed by atoms with van der Waals surface area (Å²) in [7, 11) is 1.46. The Bertz CT molecular complexity index is 632. The second-order valence-corrected chi connectivity index (χ2v) is 4.64. The summed E-state index contributed by atoms with van der Waals surface area (Å²) in [6.07, 6.45) is 0.767. The second kappa shape index (κ2) is 6.01. The highest BCUT2D eigenvalue weighted by Gasteiger charge is 2.11. The standard InChI is InChI=1S/C15H15ClFNO2/c1-3-9-6-10(4-5-11(9)16)20-14-8-15(19-2)13(18)7-12(14)17/h4-8H,3,18H2,1-2H3. The molecule has 0 aliphatic carbocycles. The zero-order valence-corrected chi connectivity index (χ0v) is 12.0. The molecule has 0 amide bonds. The molecule has 5 heteroatoms. The molecule has 0 heterocycles. The predicted octanol–water partition coefficient (Wildman–Crippen LogP) is 4.42. The maximum Gasteiger partial charge on any atom is 0.168 e. The highest BCUT2D eigenvalue weighted by molar-refractivity contribution is 6.31. The van der Waals surface area contributed by atoms with Gasteiger partial charge in [0.15, 0.2) is 11.6 Å². The summed E-state index contributed by atoms with van der Waals surface area (Å²) in [5.74, 6) is 0.389. The van der Waals surface area contributed by atoms with E-state index in [1.165, 1.54) is 19.2 Å². The molecule has 0 aliphatic heterocycles. The van der Waals surface area contributed by atoms with Gasteiger partial charge in [-0.05, 0) is 30.2 Å². The minimum absolute atomic E-state index is 0.0559.